The van der Waals surface area contributed by atoms with Gasteiger partial charge in [0, 0.05) is 6.54 Å². The molecule has 0 atom stereocenters. The lowest BCUT2D eigenvalue weighted by atomic mass is 10.1. The summed E-state index contributed by atoms with van der Waals surface area (Å²) in [4.78, 5) is 13.5. The summed E-state index contributed by atoms with van der Waals surface area (Å²) in [6.45, 7) is 4.26. The lowest BCUT2D eigenvalue weighted by molar-refractivity contribution is 0.0695. The maximum absolute atomic E-state index is 12.3. The van der Waals surface area contributed by atoms with Crippen LogP contribution in [0.1, 0.15) is 35.7 Å². The molecular formula is C15H21NO4S. The van der Waals surface area contributed by atoms with Crippen molar-refractivity contribution < 1.29 is 18.3 Å². The number of benzene rings is 1. The molecule has 1 aromatic rings. The fourth-order valence-electron chi connectivity index (χ4n) is 2.63. The second-order valence-electron chi connectivity index (χ2n) is 5.35. The van der Waals surface area contributed by atoms with Gasteiger partial charge in [0.1, 0.15) is 0 Å². The van der Waals surface area contributed by atoms with Crippen LogP contribution in [-0.4, -0.2) is 49.8 Å². The number of carboxylic acid groups (broad SMARTS) is 1. The Labute approximate surface area is 125 Å². The van der Waals surface area contributed by atoms with Crippen molar-refractivity contribution in [3.8, 4) is 0 Å². The van der Waals surface area contributed by atoms with Crippen LogP contribution in [0, 0.1) is 0 Å². The number of hydrogen-bond donors (Lipinski definition) is 1. The van der Waals surface area contributed by atoms with Crippen molar-refractivity contribution in [2.24, 2.45) is 0 Å². The Morgan fingerprint density at radius 1 is 1.29 bits per heavy atom. The van der Waals surface area contributed by atoms with Gasteiger partial charge in [0.15, 0.2) is 9.84 Å². The number of carboxylic acids is 1. The van der Waals surface area contributed by atoms with Gasteiger partial charge in [0.05, 0.1) is 16.2 Å². The van der Waals surface area contributed by atoms with Crippen molar-refractivity contribution in [2.45, 2.75) is 31.1 Å². The van der Waals surface area contributed by atoms with Crippen molar-refractivity contribution in [2.75, 3.05) is 25.4 Å². The van der Waals surface area contributed by atoms with E-state index in [4.69, 9.17) is 0 Å². The highest BCUT2D eigenvalue weighted by Crippen LogP contribution is 2.19. The van der Waals surface area contributed by atoms with E-state index >= 15 is 0 Å². The highest BCUT2D eigenvalue weighted by molar-refractivity contribution is 7.91. The van der Waals surface area contributed by atoms with Crippen LogP contribution in [0.3, 0.4) is 0 Å². The molecule has 1 aromatic carbocycles. The molecule has 0 aliphatic carbocycles. The zero-order chi connectivity index (χ0) is 15.5. The third kappa shape index (κ3) is 3.83. The van der Waals surface area contributed by atoms with E-state index < -0.39 is 15.8 Å². The van der Waals surface area contributed by atoms with Crippen LogP contribution >= 0.6 is 0 Å². The molecule has 1 saturated heterocycles. The molecule has 1 heterocycles. The highest BCUT2D eigenvalue weighted by atomic mass is 32.2. The normalized spacial score (nSPS) is 16.2. The van der Waals surface area contributed by atoms with Gasteiger partial charge in [-0.1, -0.05) is 13.0 Å². The summed E-state index contributed by atoms with van der Waals surface area (Å²) in [5.74, 6) is -1.04. The molecule has 0 aromatic heterocycles. The van der Waals surface area contributed by atoms with Gasteiger partial charge in [-0.25, -0.2) is 13.2 Å². The van der Waals surface area contributed by atoms with E-state index in [1.54, 1.807) is 6.07 Å². The van der Waals surface area contributed by atoms with Gasteiger partial charge in [-0.15, -0.1) is 0 Å². The first-order valence-electron chi connectivity index (χ1n) is 7.25. The molecule has 1 aliphatic heterocycles. The van der Waals surface area contributed by atoms with Crippen molar-refractivity contribution in [1.29, 1.82) is 0 Å². The lowest BCUT2D eigenvalue weighted by Crippen LogP contribution is -2.26. The minimum Gasteiger partial charge on any atom is -0.478 e. The predicted octanol–water partition coefficient (Wildman–Crippen LogP) is 1.82. The zero-order valence-electron chi connectivity index (χ0n) is 12.2. The van der Waals surface area contributed by atoms with Crippen molar-refractivity contribution in [3.63, 3.8) is 0 Å². The summed E-state index contributed by atoms with van der Waals surface area (Å²) >= 11 is 0. The van der Waals surface area contributed by atoms with Crippen LogP contribution in [0.2, 0.25) is 0 Å². The standard InChI is InChI=1S/C15H21NO4S/c1-2-12-5-6-13(11-14(12)15(17)18)21(19,20)10-9-16-7-3-4-8-16/h5-6,11H,2-4,7-10H2,1H3,(H,17,18). The molecule has 6 heteroatoms. The molecule has 0 bridgehead atoms. The number of aryl methyl sites for hydroxylation is 1. The number of hydrogen-bond acceptors (Lipinski definition) is 4. The molecule has 5 nitrogen and oxygen atoms in total. The molecule has 2 rings (SSSR count). The van der Waals surface area contributed by atoms with Gasteiger partial charge in [0.2, 0.25) is 0 Å². The molecular weight excluding hydrogens is 290 g/mol. The Kier molecular flexibility index (Phi) is 5.00. The van der Waals surface area contributed by atoms with Crippen molar-refractivity contribution in [1.82, 2.24) is 4.90 Å². The molecule has 0 unspecified atom stereocenters. The summed E-state index contributed by atoms with van der Waals surface area (Å²) in [6, 6.07) is 4.41. The van der Waals surface area contributed by atoms with E-state index in [1.807, 2.05) is 6.92 Å². The van der Waals surface area contributed by atoms with E-state index in [0.29, 0.717) is 18.5 Å². The topological polar surface area (TPSA) is 74.7 Å². The van der Waals surface area contributed by atoms with E-state index in [0.717, 1.165) is 25.9 Å². The molecule has 0 amide bonds. The van der Waals surface area contributed by atoms with Crippen LogP contribution in [0.25, 0.3) is 0 Å². The van der Waals surface area contributed by atoms with Gasteiger partial charge in [-0.2, -0.15) is 0 Å². The zero-order valence-corrected chi connectivity index (χ0v) is 13.0. The lowest BCUT2D eigenvalue weighted by Gasteiger charge is -2.15. The number of likely N-dealkylation sites (tertiary alicyclic amines) is 1. The van der Waals surface area contributed by atoms with E-state index in [2.05, 4.69) is 4.90 Å². The van der Waals surface area contributed by atoms with E-state index in [9.17, 15) is 18.3 Å². The van der Waals surface area contributed by atoms with Crippen LogP contribution in [0.5, 0.6) is 0 Å². The summed E-state index contributed by atoms with van der Waals surface area (Å²) in [5, 5.41) is 9.19. The predicted molar refractivity (Wildman–Crippen MR) is 80.5 cm³/mol. The summed E-state index contributed by atoms with van der Waals surface area (Å²) in [7, 11) is -3.43. The first-order chi connectivity index (χ1) is 9.94. The van der Waals surface area contributed by atoms with Gasteiger partial charge < -0.3 is 10.0 Å². The van der Waals surface area contributed by atoms with Gasteiger partial charge in [0.25, 0.3) is 0 Å². The quantitative estimate of drug-likeness (QED) is 0.867. The molecule has 1 N–H and O–H groups in total. The summed E-state index contributed by atoms with van der Waals surface area (Å²) < 4.78 is 24.7. The molecule has 0 radical (unpaired) electrons. The van der Waals surface area contributed by atoms with Crippen LogP contribution in [0.15, 0.2) is 23.1 Å². The Balaban J connectivity index is 2.18. The van der Waals surface area contributed by atoms with E-state index in [-0.39, 0.29) is 16.2 Å². The Morgan fingerprint density at radius 2 is 1.95 bits per heavy atom. The molecule has 1 aliphatic rings. The largest absolute Gasteiger partial charge is 0.478 e. The highest BCUT2D eigenvalue weighted by Gasteiger charge is 2.20. The van der Waals surface area contributed by atoms with Crippen LogP contribution in [-0.2, 0) is 16.3 Å². The first-order valence-corrected chi connectivity index (χ1v) is 8.90. The minimum absolute atomic E-state index is 0.0392. The number of sulfone groups is 1. The Hall–Kier alpha value is -1.40. The third-order valence-corrected chi connectivity index (χ3v) is 5.62. The van der Waals surface area contributed by atoms with Gasteiger partial charge >= 0.3 is 5.97 Å². The summed E-state index contributed by atoms with van der Waals surface area (Å²) in [5.41, 5.74) is 0.737. The van der Waals surface area contributed by atoms with Crippen LogP contribution < -0.4 is 0 Å². The van der Waals surface area contributed by atoms with Crippen molar-refractivity contribution in [3.05, 3.63) is 29.3 Å². The van der Waals surface area contributed by atoms with Crippen LogP contribution in [0.4, 0.5) is 0 Å². The monoisotopic (exact) mass is 311 g/mol. The number of carbonyl (C=O) groups is 1. The fraction of sp³-hybridized carbons (Fsp3) is 0.533. The average Bonchev–Trinajstić information content (AvgIpc) is 2.97. The van der Waals surface area contributed by atoms with Gasteiger partial charge in [-0.05, 0) is 50.0 Å². The second kappa shape index (κ2) is 6.58. The van der Waals surface area contributed by atoms with E-state index in [1.165, 1.54) is 12.1 Å². The van der Waals surface area contributed by atoms with Crippen molar-refractivity contribution >= 4 is 15.8 Å². The third-order valence-electron chi connectivity index (χ3n) is 3.93. The SMILES string of the molecule is CCc1ccc(S(=O)(=O)CCN2CCCC2)cc1C(=O)O. The number of aromatic carboxylic acids is 1. The maximum atomic E-state index is 12.3. The molecule has 0 saturated carbocycles. The first kappa shape index (κ1) is 16.0. The maximum Gasteiger partial charge on any atom is 0.336 e. The molecule has 21 heavy (non-hydrogen) atoms. The molecule has 1 fully saturated rings. The number of rotatable bonds is 6. The van der Waals surface area contributed by atoms with Gasteiger partial charge in [-0.3, -0.25) is 0 Å². The fourth-order valence-corrected chi connectivity index (χ4v) is 3.94. The minimum atomic E-state index is -3.43. The number of nitrogens with zero attached hydrogens (tertiary/aromatic N) is 1. The molecule has 116 valence electrons. The Morgan fingerprint density at radius 3 is 2.52 bits per heavy atom. The average molecular weight is 311 g/mol. The smallest absolute Gasteiger partial charge is 0.336 e. The summed E-state index contributed by atoms with van der Waals surface area (Å²) in [6.07, 6.45) is 2.80. The molecule has 0 spiro atoms. The Bertz CT molecular complexity index is 619. The second-order valence-corrected chi connectivity index (χ2v) is 7.45.